The first kappa shape index (κ1) is 20.7. The molecule has 0 spiro atoms. The van der Waals surface area contributed by atoms with E-state index in [1.165, 1.54) is 49.5 Å². The van der Waals surface area contributed by atoms with Crippen LogP contribution in [0.1, 0.15) is 50.3 Å². The van der Waals surface area contributed by atoms with Gasteiger partial charge in [-0.15, -0.1) is 11.3 Å². The molecule has 0 atom stereocenters. The normalized spacial score (nSPS) is 11.2. The van der Waals surface area contributed by atoms with Crippen molar-refractivity contribution in [2.45, 2.75) is 45.4 Å². The molecular weight excluding hydrogens is 358 g/mol. The van der Waals surface area contributed by atoms with Crippen LogP contribution in [0.4, 0.5) is 0 Å². The third-order valence-electron chi connectivity index (χ3n) is 4.17. The highest BCUT2D eigenvalue weighted by Crippen LogP contribution is 2.30. The highest BCUT2D eigenvalue weighted by Gasteiger charge is 2.08. The Morgan fingerprint density at radius 1 is 1.11 bits per heavy atom. The maximum Gasteiger partial charge on any atom is 0.346 e. The van der Waals surface area contributed by atoms with Crippen LogP contribution in [0.5, 0.6) is 5.75 Å². The number of rotatable bonds is 11. The van der Waals surface area contributed by atoms with Crippen LogP contribution >= 0.6 is 11.3 Å². The van der Waals surface area contributed by atoms with Crippen molar-refractivity contribution in [3.63, 3.8) is 0 Å². The molecule has 0 aliphatic carbocycles. The molecule has 2 rings (SSSR count). The number of nitrogens with zero attached hydrogens (tertiary/aromatic N) is 1. The van der Waals surface area contributed by atoms with E-state index in [1.54, 1.807) is 6.07 Å². The molecule has 0 aliphatic heterocycles. The van der Waals surface area contributed by atoms with E-state index in [1.807, 2.05) is 36.4 Å². The lowest BCUT2D eigenvalue weighted by molar-refractivity contribution is -0.132. The van der Waals surface area contributed by atoms with Crippen molar-refractivity contribution in [2.75, 3.05) is 6.61 Å². The summed E-state index contributed by atoms with van der Waals surface area (Å²) in [5.41, 5.74) is 0.780. The molecule has 5 heteroatoms. The van der Waals surface area contributed by atoms with Crippen LogP contribution in [0.25, 0.3) is 16.5 Å². The van der Waals surface area contributed by atoms with Gasteiger partial charge in [-0.1, -0.05) is 39.0 Å². The van der Waals surface area contributed by atoms with Gasteiger partial charge in [0.05, 0.1) is 6.61 Å². The van der Waals surface area contributed by atoms with Gasteiger partial charge in [-0.3, -0.25) is 0 Å². The molecule has 1 aromatic heterocycles. The second kappa shape index (κ2) is 11.2. The molecular formula is C22H25NO3S. The molecule has 0 bridgehead atoms. The van der Waals surface area contributed by atoms with E-state index < -0.39 is 5.97 Å². The minimum Gasteiger partial charge on any atom is -0.494 e. The number of hydrogen-bond donors (Lipinski definition) is 1. The Kier molecular flexibility index (Phi) is 8.60. The number of aliphatic carboxylic acids is 1. The number of nitriles is 1. The predicted molar refractivity (Wildman–Crippen MR) is 110 cm³/mol. The first-order chi connectivity index (χ1) is 13.1. The SMILES string of the molecule is CCCCCCCCOc1ccc(-c2ccc(C=C(C#N)C(=O)O)s2)cc1. The molecule has 0 saturated heterocycles. The van der Waals surface area contributed by atoms with Crippen molar-refractivity contribution in [1.82, 2.24) is 0 Å². The van der Waals surface area contributed by atoms with Crippen LogP contribution in [-0.4, -0.2) is 17.7 Å². The van der Waals surface area contributed by atoms with Gasteiger partial charge in [0.15, 0.2) is 0 Å². The van der Waals surface area contributed by atoms with Crippen LogP contribution in [-0.2, 0) is 4.79 Å². The van der Waals surface area contributed by atoms with Gasteiger partial charge in [0, 0.05) is 9.75 Å². The van der Waals surface area contributed by atoms with E-state index in [2.05, 4.69) is 6.92 Å². The van der Waals surface area contributed by atoms with Crippen LogP contribution in [0, 0.1) is 11.3 Å². The smallest absolute Gasteiger partial charge is 0.346 e. The number of unbranched alkanes of at least 4 members (excludes halogenated alkanes) is 5. The van der Waals surface area contributed by atoms with Gasteiger partial charge in [0.2, 0.25) is 0 Å². The molecule has 4 nitrogen and oxygen atoms in total. The Labute approximate surface area is 164 Å². The molecule has 0 amide bonds. The third kappa shape index (κ3) is 6.92. The minimum absolute atomic E-state index is 0.262. The van der Waals surface area contributed by atoms with E-state index >= 15 is 0 Å². The molecule has 27 heavy (non-hydrogen) atoms. The van der Waals surface area contributed by atoms with Gasteiger partial charge in [-0.25, -0.2) is 4.79 Å². The fraction of sp³-hybridized carbons (Fsp3) is 0.364. The van der Waals surface area contributed by atoms with Gasteiger partial charge >= 0.3 is 5.97 Å². The first-order valence-electron chi connectivity index (χ1n) is 9.32. The zero-order valence-corrected chi connectivity index (χ0v) is 16.4. The Morgan fingerprint density at radius 3 is 2.48 bits per heavy atom. The van der Waals surface area contributed by atoms with Gasteiger partial charge in [0.25, 0.3) is 0 Å². The largest absolute Gasteiger partial charge is 0.494 e. The maximum atomic E-state index is 10.9. The summed E-state index contributed by atoms with van der Waals surface area (Å²) in [4.78, 5) is 12.7. The molecule has 1 heterocycles. The average Bonchev–Trinajstić information content (AvgIpc) is 3.14. The minimum atomic E-state index is -1.21. The van der Waals surface area contributed by atoms with Crippen LogP contribution in [0.15, 0.2) is 42.0 Å². The lowest BCUT2D eigenvalue weighted by Gasteiger charge is -2.07. The van der Waals surface area contributed by atoms with E-state index in [-0.39, 0.29) is 5.57 Å². The quantitative estimate of drug-likeness (QED) is 0.287. The lowest BCUT2D eigenvalue weighted by atomic mass is 10.1. The summed E-state index contributed by atoms with van der Waals surface area (Å²) in [7, 11) is 0. The molecule has 0 fully saturated rings. The monoisotopic (exact) mass is 383 g/mol. The van der Waals surface area contributed by atoms with Crippen molar-refractivity contribution in [3.8, 4) is 22.3 Å². The highest BCUT2D eigenvalue weighted by atomic mass is 32.1. The van der Waals surface area contributed by atoms with E-state index in [9.17, 15) is 4.79 Å². The molecule has 142 valence electrons. The Balaban J connectivity index is 1.87. The topological polar surface area (TPSA) is 70.3 Å². The third-order valence-corrected chi connectivity index (χ3v) is 5.25. The number of benzene rings is 1. The number of thiophene rings is 1. The Morgan fingerprint density at radius 2 is 1.81 bits per heavy atom. The van der Waals surface area contributed by atoms with Crippen LogP contribution < -0.4 is 4.74 Å². The number of carboxylic acid groups (broad SMARTS) is 1. The molecule has 0 aliphatic rings. The predicted octanol–water partition coefficient (Wildman–Crippen LogP) is 6.15. The number of carboxylic acids is 1. The van der Waals surface area contributed by atoms with Gasteiger partial charge < -0.3 is 9.84 Å². The van der Waals surface area contributed by atoms with E-state index in [0.717, 1.165) is 34.1 Å². The number of carbonyl (C=O) groups is 1. The van der Waals surface area contributed by atoms with Crippen molar-refractivity contribution >= 4 is 23.4 Å². The fourth-order valence-electron chi connectivity index (χ4n) is 2.66. The number of ether oxygens (including phenoxy) is 1. The molecule has 1 aromatic carbocycles. The molecule has 2 aromatic rings. The molecule has 0 unspecified atom stereocenters. The highest BCUT2D eigenvalue weighted by molar-refractivity contribution is 7.16. The summed E-state index contributed by atoms with van der Waals surface area (Å²) in [5.74, 6) is -0.346. The van der Waals surface area contributed by atoms with E-state index in [0.29, 0.717) is 0 Å². The number of hydrogen-bond acceptors (Lipinski definition) is 4. The molecule has 0 radical (unpaired) electrons. The van der Waals surface area contributed by atoms with Crippen molar-refractivity contribution in [1.29, 1.82) is 5.26 Å². The zero-order valence-electron chi connectivity index (χ0n) is 15.6. The van der Waals surface area contributed by atoms with Crippen molar-refractivity contribution < 1.29 is 14.6 Å². The zero-order chi connectivity index (χ0) is 19.5. The van der Waals surface area contributed by atoms with Crippen LogP contribution in [0.3, 0.4) is 0 Å². The lowest BCUT2D eigenvalue weighted by Crippen LogP contribution is -1.97. The second-order valence-corrected chi connectivity index (χ2v) is 7.43. The Hall–Kier alpha value is -2.58. The second-order valence-electron chi connectivity index (χ2n) is 6.32. The molecule has 1 N–H and O–H groups in total. The van der Waals surface area contributed by atoms with Gasteiger partial charge in [-0.05, 0) is 54.5 Å². The summed E-state index contributed by atoms with van der Waals surface area (Å²) < 4.78 is 5.79. The summed E-state index contributed by atoms with van der Waals surface area (Å²) >= 11 is 1.45. The van der Waals surface area contributed by atoms with Crippen molar-refractivity contribution in [3.05, 3.63) is 46.8 Å². The summed E-state index contributed by atoms with van der Waals surface area (Å²) in [6.07, 6.45) is 8.86. The fourth-order valence-corrected chi connectivity index (χ4v) is 3.61. The average molecular weight is 384 g/mol. The summed E-state index contributed by atoms with van der Waals surface area (Å²) in [6.45, 7) is 2.96. The Bertz CT molecular complexity index is 800. The standard InChI is InChI=1S/C22H25NO3S/c1-2-3-4-5-6-7-14-26-19-10-8-17(9-11-19)21-13-12-20(27-21)15-18(16-23)22(24)25/h8-13,15H,2-7,14H2,1H3,(H,24,25). The maximum absolute atomic E-state index is 10.9. The molecule has 0 saturated carbocycles. The first-order valence-corrected chi connectivity index (χ1v) is 10.1. The summed E-state index contributed by atoms with van der Waals surface area (Å²) in [6, 6.07) is 13.4. The van der Waals surface area contributed by atoms with Crippen molar-refractivity contribution in [2.24, 2.45) is 0 Å². The van der Waals surface area contributed by atoms with E-state index in [4.69, 9.17) is 15.1 Å². The van der Waals surface area contributed by atoms with Gasteiger partial charge in [0.1, 0.15) is 17.4 Å². The van der Waals surface area contributed by atoms with Crippen LogP contribution in [0.2, 0.25) is 0 Å². The summed E-state index contributed by atoms with van der Waals surface area (Å²) in [5, 5.41) is 17.8. The van der Waals surface area contributed by atoms with Gasteiger partial charge in [-0.2, -0.15) is 5.26 Å².